The molecule has 3 N–H and O–H groups in total. The van der Waals surface area contributed by atoms with E-state index in [1.54, 1.807) is 0 Å². The van der Waals surface area contributed by atoms with Gasteiger partial charge in [-0.3, -0.25) is 14.5 Å². The minimum absolute atomic E-state index is 0.0529. The van der Waals surface area contributed by atoms with Crippen LogP contribution in [0, 0.1) is 27.7 Å². The lowest BCUT2D eigenvalue weighted by atomic mass is 10.1. The van der Waals surface area contributed by atoms with Gasteiger partial charge in [0.1, 0.15) is 0 Å². The quantitative estimate of drug-likeness (QED) is 0.170. The first-order valence-corrected chi connectivity index (χ1v) is 15.1. The number of nitrogens with zero attached hydrogens (tertiary/aromatic N) is 2. The predicted octanol–water partition coefficient (Wildman–Crippen LogP) is 5.44. The maximum absolute atomic E-state index is 12.9. The Labute approximate surface area is 243 Å². The molecule has 0 spiro atoms. The first-order valence-electron chi connectivity index (χ1n) is 15.1. The third kappa shape index (κ3) is 10.7. The van der Waals surface area contributed by atoms with Crippen molar-refractivity contribution in [2.24, 2.45) is 0 Å². The standard InChI is InChI=1S/C33H53N5O2/c1-8-37(24-30(39)35-32-26(4)16-14-17-27(32)5)22-13-11-12-20-34-21-23-38(9-2,10-3)25-31(40)36-33-28(6)18-15-19-29(33)7/h14-19,34H,8-13,20-25H2,1-7H3,(H-,35,36,39,40)/p+1. The molecule has 222 valence electrons. The Hall–Kier alpha value is -2.74. The normalized spacial score (nSPS) is 11.6. The van der Waals surface area contributed by atoms with Gasteiger partial charge in [0, 0.05) is 17.9 Å². The van der Waals surface area contributed by atoms with Crippen molar-refractivity contribution in [3.63, 3.8) is 0 Å². The number of hydrogen-bond acceptors (Lipinski definition) is 4. The third-order valence-corrected chi connectivity index (χ3v) is 8.22. The summed E-state index contributed by atoms with van der Waals surface area (Å²) in [5.41, 5.74) is 6.27. The van der Waals surface area contributed by atoms with Gasteiger partial charge in [0.05, 0.1) is 26.2 Å². The van der Waals surface area contributed by atoms with Crippen LogP contribution >= 0.6 is 0 Å². The van der Waals surface area contributed by atoms with E-state index in [1.807, 2.05) is 64.1 Å². The largest absolute Gasteiger partial charge is 0.324 e. The maximum Gasteiger partial charge on any atom is 0.279 e. The highest BCUT2D eigenvalue weighted by molar-refractivity contribution is 5.94. The van der Waals surface area contributed by atoms with Gasteiger partial charge in [0.25, 0.3) is 5.91 Å². The van der Waals surface area contributed by atoms with Gasteiger partial charge < -0.3 is 20.4 Å². The molecule has 40 heavy (non-hydrogen) atoms. The number of para-hydroxylation sites is 2. The summed E-state index contributed by atoms with van der Waals surface area (Å²) in [4.78, 5) is 27.8. The molecule has 0 aliphatic carbocycles. The van der Waals surface area contributed by atoms with Gasteiger partial charge in [-0.25, -0.2) is 0 Å². The van der Waals surface area contributed by atoms with Gasteiger partial charge in [0.15, 0.2) is 6.54 Å². The lowest BCUT2D eigenvalue weighted by Gasteiger charge is -2.36. The highest BCUT2D eigenvalue weighted by Crippen LogP contribution is 2.20. The monoisotopic (exact) mass is 552 g/mol. The van der Waals surface area contributed by atoms with Crippen LogP contribution in [0.5, 0.6) is 0 Å². The highest BCUT2D eigenvalue weighted by atomic mass is 16.2. The molecule has 2 amide bonds. The summed E-state index contributed by atoms with van der Waals surface area (Å²) in [6.45, 7) is 22.0. The molecule has 2 aromatic rings. The van der Waals surface area contributed by atoms with E-state index in [1.165, 1.54) is 0 Å². The van der Waals surface area contributed by atoms with Crippen molar-refractivity contribution in [3.05, 3.63) is 58.7 Å². The van der Waals surface area contributed by atoms with Crippen LogP contribution in [0.15, 0.2) is 36.4 Å². The molecule has 0 heterocycles. The summed E-state index contributed by atoms with van der Waals surface area (Å²) in [5, 5.41) is 9.86. The number of amides is 2. The summed E-state index contributed by atoms with van der Waals surface area (Å²) in [6, 6.07) is 12.2. The van der Waals surface area contributed by atoms with Gasteiger partial charge in [-0.1, -0.05) is 49.7 Å². The smallest absolute Gasteiger partial charge is 0.279 e. The predicted molar refractivity (Wildman–Crippen MR) is 169 cm³/mol. The summed E-state index contributed by atoms with van der Waals surface area (Å²) in [5.74, 6) is 0.140. The topological polar surface area (TPSA) is 73.5 Å². The highest BCUT2D eigenvalue weighted by Gasteiger charge is 2.27. The number of rotatable bonds is 18. The number of aryl methyl sites for hydroxylation is 4. The lowest BCUT2D eigenvalue weighted by Crippen LogP contribution is -2.55. The van der Waals surface area contributed by atoms with Crippen LogP contribution in [0.3, 0.4) is 0 Å². The van der Waals surface area contributed by atoms with Gasteiger partial charge in [-0.05, 0) is 96.3 Å². The molecule has 0 unspecified atom stereocenters. The fraction of sp³-hybridized carbons (Fsp3) is 0.576. The number of quaternary nitrogens is 1. The van der Waals surface area contributed by atoms with Gasteiger partial charge in [-0.15, -0.1) is 0 Å². The van der Waals surface area contributed by atoms with Crippen LogP contribution in [0.25, 0.3) is 0 Å². The Kier molecular flexibility index (Phi) is 14.4. The van der Waals surface area contributed by atoms with Crippen molar-refractivity contribution in [1.29, 1.82) is 0 Å². The number of carbonyl (C=O) groups is 2. The summed E-state index contributed by atoms with van der Waals surface area (Å²) >= 11 is 0. The van der Waals surface area contributed by atoms with Crippen molar-refractivity contribution >= 4 is 23.2 Å². The molecule has 2 aromatic carbocycles. The van der Waals surface area contributed by atoms with Crippen molar-refractivity contribution in [2.45, 2.75) is 67.7 Å². The molecule has 7 heteroatoms. The summed E-state index contributed by atoms with van der Waals surface area (Å²) in [7, 11) is 0. The Morgan fingerprint density at radius 1 is 0.725 bits per heavy atom. The number of nitrogens with one attached hydrogen (secondary N) is 3. The third-order valence-electron chi connectivity index (χ3n) is 8.22. The number of carbonyl (C=O) groups excluding carboxylic acids is 2. The van der Waals surface area contributed by atoms with E-state index in [9.17, 15) is 9.59 Å². The van der Waals surface area contributed by atoms with E-state index in [2.05, 4.69) is 41.6 Å². The minimum Gasteiger partial charge on any atom is -0.324 e. The minimum atomic E-state index is 0.0529. The van der Waals surface area contributed by atoms with Crippen LogP contribution in [0.1, 0.15) is 62.3 Å². The summed E-state index contributed by atoms with van der Waals surface area (Å²) in [6.07, 6.45) is 3.31. The number of hydrogen-bond donors (Lipinski definition) is 3. The molecular formula is C33H54N5O2+. The average Bonchev–Trinajstić information content (AvgIpc) is 2.93. The zero-order valence-electron chi connectivity index (χ0n) is 26.2. The number of anilines is 2. The SMILES string of the molecule is CCN(CCCCCNCC[N+](CC)(CC)CC(=O)Nc1c(C)cccc1C)CC(=O)Nc1c(C)cccc1C. The van der Waals surface area contributed by atoms with Crippen LogP contribution in [-0.4, -0.2) is 80.1 Å². The molecule has 0 aromatic heterocycles. The van der Waals surface area contributed by atoms with Crippen molar-refractivity contribution in [3.8, 4) is 0 Å². The lowest BCUT2D eigenvalue weighted by molar-refractivity contribution is -0.916. The number of likely N-dealkylation sites (N-methyl/N-ethyl adjacent to an activating group) is 2. The van der Waals surface area contributed by atoms with Gasteiger partial charge in [0.2, 0.25) is 5.91 Å². The van der Waals surface area contributed by atoms with Gasteiger partial charge >= 0.3 is 0 Å². The molecule has 2 rings (SSSR count). The molecule has 0 radical (unpaired) electrons. The van der Waals surface area contributed by atoms with Crippen molar-refractivity contribution in [2.75, 3.05) is 69.5 Å². The van der Waals surface area contributed by atoms with E-state index >= 15 is 0 Å². The van der Waals surface area contributed by atoms with E-state index in [0.717, 1.165) is 103 Å². The molecule has 0 aliphatic heterocycles. The van der Waals surface area contributed by atoms with E-state index in [4.69, 9.17) is 0 Å². The van der Waals surface area contributed by atoms with Crippen LogP contribution in [0.4, 0.5) is 11.4 Å². The molecule has 0 aliphatic rings. The first-order chi connectivity index (χ1) is 19.1. The van der Waals surface area contributed by atoms with E-state index in [-0.39, 0.29) is 11.8 Å². The Morgan fingerprint density at radius 2 is 1.25 bits per heavy atom. The molecule has 0 atom stereocenters. The molecule has 7 nitrogen and oxygen atoms in total. The molecular weight excluding hydrogens is 498 g/mol. The Morgan fingerprint density at radius 3 is 1.75 bits per heavy atom. The fourth-order valence-electron chi connectivity index (χ4n) is 5.28. The number of benzene rings is 2. The van der Waals surface area contributed by atoms with Crippen molar-refractivity contribution in [1.82, 2.24) is 10.2 Å². The summed E-state index contributed by atoms with van der Waals surface area (Å²) < 4.78 is 0.777. The van der Waals surface area contributed by atoms with Crippen LogP contribution in [0.2, 0.25) is 0 Å². The second kappa shape index (κ2) is 17.2. The second-order valence-electron chi connectivity index (χ2n) is 11.2. The second-order valence-corrected chi connectivity index (χ2v) is 11.2. The molecule has 0 fully saturated rings. The van der Waals surface area contributed by atoms with Gasteiger partial charge in [-0.2, -0.15) is 0 Å². The maximum atomic E-state index is 12.9. The molecule has 0 saturated heterocycles. The first kappa shape index (κ1) is 33.5. The van der Waals surface area contributed by atoms with Crippen LogP contribution in [-0.2, 0) is 9.59 Å². The zero-order chi connectivity index (χ0) is 29.5. The Balaban J connectivity index is 1.67. The average molecular weight is 553 g/mol. The fourth-order valence-corrected chi connectivity index (χ4v) is 5.28. The van der Waals surface area contributed by atoms with E-state index < -0.39 is 0 Å². The Bertz CT molecular complexity index is 1040. The number of unbranched alkanes of at least 4 members (excludes halogenated alkanes) is 2. The zero-order valence-corrected chi connectivity index (χ0v) is 26.2. The van der Waals surface area contributed by atoms with Crippen LogP contribution < -0.4 is 16.0 Å². The van der Waals surface area contributed by atoms with E-state index in [0.29, 0.717) is 13.1 Å². The molecule has 0 saturated carbocycles. The molecule has 0 bridgehead atoms. The van der Waals surface area contributed by atoms with Crippen molar-refractivity contribution < 1.29 is 14.1 Å².